The number of rotatable bonds is 8. The number of para-hydroxylation sites is 1. The van der Waals surface area contributed by atoms with Crippen molar-refractivity contribution in [3.8, 4) is 0 Å². The Morgan fingerprint density at radius 3 is 2.59 bits per heavy atom. The normalized spacial score (nSPS) is 9.94. The Labute approximate surface area is 103 Å². The summed E-state index contributed by atoms with van der Waals surface area (Å²) in [7, 11) is 0. The monoisotopic (exact) mass is 235 g/mol. The highest BCUT2D eigenvalue weighted by Gasteiger charge is 1.99. The van der Waals surface area contributed by atoms with Crippen LogP contribution in [0, 0.1) is 0 Å². The van der Waals surface area contributed by atoms with Gasteiger partial charge in [0.2, 0.25) is 5.91 Å². The van der Waals surface area contributed by atoms with E-state index in [4.69, 9.17) is 0 Å². The van der Waals surface area contributed by atoms with Crippen molar-refractivity contribution in [2.45, 2.75) is 13.3 Å². The molecule has 94 valence electrons. The third kappa shape index (κ3) is 6.58. The second kappa shape index (κ2) is 8.58. The predicted octanol–water partition coefficient (Wildman–Crippen LogP) is 1.21. The molecule has 4 nitrogen and oxygen atoms in total. The summed E-state index contributed by atoms with van der Waals surface area (Å²) >= 11 is 0. The standard InChI is InChI=1S/C13H21N3O/c1-2-8-14-9-10-15-13(17)11-16-12-6-4-3-5-7-12/h3-7,14,16H,2,8-11H2,1H3,(H,15,17). The van der Waals surface area contributed by atoms with Crippen molar-refractivity contribution in [2.75, 3.05) is 31.5 Å². The van der Waals surface area contributed by atoms with Crippen molar-refractivity contribution < 1.29 is 4.79 Å². The van der Waals surface area contributed by atoms with E-state index in [1.165, 1.54) is 0 Å². The molecule has 0 unspecified atom stereocenters. The molecule has 0 spiro atoms. The molecule has 4 heteroatoms. The van der Waals surface area contributed by atoms with Gasteiger partial charge in [-0.05, 0) is 25.1 Å². The highest BCUT2D eigenvalue weighted by Crippen LogP contribution is 2.03. The molecule has 3 N–H and O–H groups in total. The van der Waals surface area contributed by atoms with Crippen molar-refractivity contribution in [2.24, 2.45) is 0 Å². The highest BCUT2D eigenvalue weighted by molar-refractivity contribution is 5.80. The largest absolute Gasteiger partial charge is 0.376 e. The summed E-state index contributed by atoms with van der Waals surface area (Å²) in [5, 5.41) is 9.14. The lowest BCUT2D eigenvalue weighted by molar-refractivity contribution is -0.119. The Kier molecular flexibility index (Phi) is 6.82. The van der Waals surface area contributed by atoms with Crippen molar-refractivity contribution in [1.82, 2.24) is 10.6 Å². The van der Waals surface area contributed by atoms with Crippen molar-refractivity contribution in [1.29, 1.82) is 0 Å². The van der Waals surface area contributed by atoms with Crippen LogP contribution in [0.1, 0.15) is 13.3 Å². The second-order valence-corrected chi connectivity index (χ2v) is 3.82. The van der Waals surface area contributed by atoms with Gasteiger partial charge in [0.25, 0.3) is 0 Å². The van der Waals surface area contributed by atoms with Crippen LogP contribution in [-0.2, 0) is 4.79 Å². The molecular weight excluding hydrogens is 214 g/mol. The van der Waals surface area contributed by atoms with Crippen LogP contribution in [-0.4, -0.2) is 32.1 Å². The SMILES string of the molecule is CCCNCCNC(=O)CNc1ccccc1. The fourth-order valence-electron chi connectivity index (χ4n) is 1.39. The molecule has 0 atom stereocenters. The van der Waals surface area contributed by atoms with E-state index in [0.29, 0.717) is 13.1 Å². The van der Waals surface area contributed by atoms with Crippen LogP contribution >= 0.6 is 0 Å². The molecule has 0 radical (unpaired) electrons. The first-order valence-corrected chi connectivity index (χ1v) is 6.09. The van der Waals surface area contributed by atoms with Crippen LogP contribution in [0.15, 0.2) is 30.3 Å². The van der Waals surface area contributed by atoms with E-state index in [1.807, 2.05) is 30.3 Å². The Morgan fingerprint density at radius 2 is 1.88 bits per heavy atom. The average Bonchev–Trinajstić information content (AvgIpc) is 2.37. The minimum Gasteiger partial charge on any atom is -0.376 e. The lowest BCUT2D eigenvalue weighted by Gasteiger charge is -2.08. The number of anilines is 1. The van der Waals surface area contributed by atoms with E-state index >= 15 is 0 Å². The molecule has 0 bridgehead atoms. The predicted molar refractivity (Wildman–Crippen MR) is 71.1 cm³/mol. The maximum atomic E-state index is 11.4. The molecule has 0 aliphatic carbocycles. The zero-order valence-corrected chi connectivity index (χ0v) is 10.3. The molecule has 0 heterocycles. The molecule has 0 saturated heterocycles. The van der Waals surface area contributed by atoms with Gasteiger partial charge in [0.05, 0.1) is 6.54 Å². The fourth-order valence-corrected chi connectivity index (χ4v) is 1.39. The van der Waals surface area contributed by atoms with Gasteiger partial charge in [-0.2, -0.15) is 0 Å². The van der Waals surface area contributed by atoms with Gasteiger partial charge < -0.3 is 16.0 Å². The Morgan fingerprint density at radius 1 is 1.12 bits per heavy atom. The Hall–Kier alpha value is -1.55. The van der Waals surface area contributed by atoms with Gasteiger partial charge >= 0.3 is 0 Å². The van der Waals surface area contributed by atoms with E-state index in [9.17, 15) is 4.79 Å². The van der Waals surface area contributed by atoms with Crippen molar-refractivity contribution in [3.05, 3.63) is 30.3 Å². The topological polar surface area (TPSA) is 53.2 Å². The van der Waals surface area contributed by atoms with Gasteiger partial charge in [0.1, 0.15) is 0 Å². The first-order chi connectivity index (χ1) is 8.33. The Balaban J connectivity index is 2.05. The molecule has 1 aromatic carbocycles. The summed E-state index contributed by atoms with van der Waals surface area (Å²) in [5.41, 5.74) is 0.965. The second-order valence-electron chi connectivity index (χ2n) is 3.82. The summed E-state index contributed by atoms with van der Waals surface area (Å²) in [5.74, 6) is 0.0205. The molecule has 0 aliphatic heterocycles. The average molecular weight is 235 g/mol. The molecule has 0 aliphatic rings. The van der Waals surface area contributed by atoms with Crippen LogP contribution in [0.2, 0.25) is 0 Å². The van der Waals surface area contributed by atoms with Crippen LogP contribution in [0.4, 0.5) is 5.69 Å². The van der Waals surface area contributed by atoms with Gasteiger partial charge in [-0.1, -0.05) is 25.1 Å². The maximum absolute atomic E-state index is 11.4. The summed E-state index contributed by atoms with van der Waals surface area (Å²) in [6, 6.07) is 9.71. The lowest BCUT2D eigenvalue weighted by Crippen LogP contribution is -2.35. The summed E-state index contributed by atoms with van der Waals surface area (Å²) in [6.45, 7) is 4.94. The van der Waals surface area contributed by atoms with Gasteiger partial charge in [-0.15, -0.1) is 0 Å². The van der Waals surface area contributed by atoms with E-state index in [-0.39, 0.29) is 5.91 Å². The maximum Gasteiger partial charge on any atom is 0.239 e. The number of amides is 1. The van der Waals surface area contributed by atoms with Gasteiger partial charge in [0, 0.05) is 18.8 Å². The van der Waals surface area contributed by atoms with E-state index in [2.05, 4.69) is 22.9 Å². The molecule has 0 fully saturated rings. The molecule has 0 saturated carbocycles. The van der Waals surface area contributed by atoms with E-state index in [1.54, 1.807) is 0 Å². The molecule has 1 amide bonds. The van der Waals surface area contributed by atoms with E-state index in [0.717, 1.165) is 25.2 Å². The van der Waals surface area contributed by atoms with Gasteiger partial charge in [-0.3, -0.25) is 4.79 Å². The summed E-state index contributed by atoms with van der Waals surface area (Å²) in [4.78, 5) is 11.4. The lowest BCUT2D eigenvalue weighted by atomic mass is 10.3. The molecular formula is C13H21N3O. The minimum atomic E-state index is 0.0205. The van der Waals surface area contributed by atoms with Crippen LogP contribution < -0.4 is 16.0 Å². The van der Waals surface area contributed by atoms with Crippen LogP contribution in [0.5, 0.6) is 0 Å². The minimum absolute atomic E-state index is 0.0205. The van der Waals surface area contributed by atoms with Crippen LogP contribution in [0.25, 0.3) is 0 Å². The number of hydrogen-bond acceptors (Lipinski definition) is 3. The van der Waals surface area contributed by atoms with Gasteiger partial charge in [-0.25, -0.2) is 0 Å². The van der Waals surface area contributed by atoms with Crippen molar-refractivity contribution >= 4 is 11.6 Å². The molecule has 0 aromatic heterocycles. The highest BCUT2D eigenvalue weighted by atomic mass is 16.1. The molecule has 1 rings (SSSR count). The summed E-state index contributed by atoms with van der Waals surface area (Å²) < 4.78 is 0. The van der Waals surface area contributed by atoms with Crippen LogP contribution in [0.3, 0.4) is 0 Å². The third-order valence-corrected chi connectivity index (χ3v) is 2.28. The first kappa shape index (κ1) is 13.5. The molecule has 1 aromatic rings. The fraction of sp³-hybridized carbons (Fsp3) is 0.462. The third-order valence-electron chi connectivity index (χ3n) is 2.28. The smallest absolute Gasteiger partial charge is 0.239 e. The first-order valence-electron chi connectivity index (χ1n) is 6.09. The van der Waals surface area contributed by atoms with E-state index < -0.39 is 0 Å². The van der Waals surface area contributed by atoms with Crippen molar-refractivity contribution in [3.63, 3.8) is 0 Å². The zero-order valence-electron chi connectivity index (χ0n) is 10.3. The number of carbonyl (C=O) groups excluding carboxylic acids is 1. The number of benzene rings is 1. The zero-order chi connectivity index (χ0) is 12.3. The summed E-state index contributed by atoms with van der Waals surface area (Å²) in [6.07, 6.45) is 1.11. The van der Waals surface area contributed by atoms with Gasteiger partial charge in [0.15, 0.2) is 0 Å². The number of carbonyl (C=O) groups is 1. The quantitative estimate of drug-likeness (QED) is 0.594. The Bertz CT molecular complexity index is 314. The number of nitrogens with one attached hydrogen (secondary N) is 3. The molecule has 17 heavy (non-hydrogen) atoms. The number of hydrogen-bond donors (Lipinski definition) is 3.